The van der Waals surface area contributed by atoms with E-state index in [0.717, 1.165) is 24.5 Å². The molecular formula is C12H19N5O2S2. The van der Waals surface area contributed by atoms with E-state index in [9.17, 15) is 8.42 Å². The molecule has 2 aromatic rings. The Morgan fingerprint density at radius 1 is 1.38 bits per heavy atom. The molecule has 0 aromatic carbocycles. The summed E-state index contributed by atoms with van der Waals surface area (Å²) in [5, 5.41) is 9.85. The molecule has 2 rings (SSSR count). The molecule has 0 radical (unpaired) electrons. The van der Waals surface area contributed by atoms with E-state index in [1.54, 1.807) is 10.9 Å². The monoisotopic (exact) mass is 329 g/mol. The minimum absolute atomic E-state index is 0.176. The summed E-state index contributed by atoms with van der Waals surface area (Å²) in [7, 11) is -3.54. The summed E-state index contributed by atoms with van der Waals surface area (Å²) in [4.78, 5) is 4.21. The fourth-order valence-corrected chi connectivity index (χ4v) is 3.27. The lowest BCUT2D eigenvalue weighted by atomic mass is 10.5. The number of nitrogens with zero attached hydrogens (tertiary/aromatic N) is 3. The summed E-state index contributed by atoms with van der Waals surface area (Å²) >= 11 is 1.41. The van der Waals surface area contributed by atoms with Gasteiger partial charge in [0.05, 0.1) is 19.3 Å². The van der Waals surface area contributed by atoms with Crippen molar-refractivity contribution in [3.63, 3.8) is 0 Å². The molecule has 0 unspecified atom stereocenters. The lowest BCUT2D eigenvalue weighted by Gasteiger charge is -2.03. The van der Waals surface area contributed by atoms with Crippen molar-refractivity contribution in [1.29, 1.82) is 0 Å². The zero-order chi connectivity index (χ0) is 15.1. The van der Waals surface area contributed by atoms with Crippen LogP contribution in [0.4, 0.5) is 0 Å². The normalized spacial score (nSPS) is 11.9. The Balaban J connectivity index is 1.89. The number of sulfonamides is 1. The van der Waals surface area contributed by atoms with E-state index in [0.29, 0.717) is 6.54 Å². The van der Waals surface area contributed by atoms with Gasteiger partial charge in [-0.25, -0.2) is 18.1 Å². The summed E-state index contributed by atoms with van der Waals surface area (Å²) in [6.07, 6.45) is 5.62. The Labute approximate surface area is 128 Å². The van der Waals surface area contributed by atoms with Crippen molar-refractivity contribution < 1.29 is 8.42 Å². The van der Waals surface area contributed by atoms with Crippen LogP contribution in [0.3, 0.4) is 0 Å². The highest BCUT2D eigenvalue weighted by Crippen LogP contribution is 2.09. The maximum atomic E-state index is 12.1. The number of thiazole rings is 1. The van der Waals surface area contributed by atoms with Crippen LogP contribution in [0.1, 0.15) is 18.4 Å². The van der Waals surface area contributed by atoms with Crippen LogP contribution < -0.4 is 10.0 Å². The third-order valence-corrected chi connectivity index (χ3v) is 4.90. The van der Waals surface area contributed by atoms with Gasteiger partial charge >= 0.3 is 0 Å². The molecule has 2 N–H and O–H groups in total. The summed E-state index contributed by atoms with van der Waals surface area (Å²) in [5.41, 5.74) is 0. The summed E-state index contributed by atoms with van der Waals surface area (Å²) in [6, 6.07) is 0. The van der Waals surface area contributed by atoms with E-state index in [1.165, 1.54) is 23.7 Å². The van der Waals surface area contributed by atoms with Crippen molar-refractivity contribution in [2.75, 3.05) is 13.1 Å². The van der Waals surface area contributed by atoms with Crippen molar-refractivity contribution in [1.82, 2.24) is 24.8 Å². The zero-order valence-electron chi connectivity index (χ0n) is 11.8. The maximum Gasteiger partial charge on any atom is 0.244 e. The second-order valence-electron chi connectivity index (χ2n) is 4.44. The third kappa shape index (κ3) is 4.88. The molecule has 2 aromatic heterocycles. The first kappa shape index (κ1) is 16.1. The van der Waals surface area contributed by atoms with E-state index in [1.807, 2.05) is 5.38 Å². The topological polar surface area (TPSA) is 88.9 Å². The second kappa shape index (κ2) is 7.64. The average Bonchev–Trinajstić information content (AvgIpc) is 3.13. The second-order valence-corrected chi connectivity index (χ2v) is 7.19. The van der Waals surface area contributed by atoms with Crippen LogP contribution in [0, 0.1) is 0 Å². The van der Waals surface area contributed by atoms with Crippen LogP contribution in [0.5, 0.6) is 0 Å². The summed E-state index contributed by atoms with van der Waals surface area (Å²) in [6.45, 7) is 4.65. The lowest BCUT2D eigenvalue weighted by molar-refractivity contribution is 0.552. The van der Waals surface area contributed by atoms with Gasteiger partial charge in [0, 0.05) is 24.3 Å². The molecule has 7 nitrogen and oxygen atoms in total. The molecule has 0 amide bonds. The standard InChI is InChI=1S/C12H19N5O2S2/c1-2-3-13-4-6-17-10-11(8-15-17)21(18,19)16-9-12-14-5-7-20-12/h5,7-8,10,13,16H,2-4,6,9H2,1H3. The molecule has 0 atom stereocenters. The molecule has 0 bridgehead atoms. The van der Waals surface area contributed by atoms with E-state index < -0.39 is 10.0 Å². The van der Waals surface area contributed by atoms with Gasteiger partial charge in [0.25, 0.3) is 0 Å². The molecule has 116 valence electrons. The van der Waals surface area contributed by atoms with Crippen molar-refractivity contribution in [2.24, 2.45) is 0 Å². The van der Waals surface area contributed by atoms with E-state index >= 15 is 0 Å². The first-order valence-electron chi connectivity index (χ1n) is 6.73. The van der Waals surface area contributed by atoms with Gasteiger partial charge < -0.3 is 5.32 Å². The van der Waals surface area contributed by atoms with Gasteiger partial charge in [-0.3, -0.25) is 4.68 Å². The molecule has 0 saturated heterocycles. The lowest BCUT2D eigenvalue weighted by Crippen LogP contribution is -2.23. The molecule has 0 aliphatic carbocycles. The largest absolute Gasteiger partial charge is 0.315 e. The summed E-state index contributed by atoms with van der Waals surface area (Å²) < 4.78 is 28.4. The molecule has 0 aliphatic heterocycles. The molecule has 0 fully saturated rings. The van der Waals surface area contributed by atoms with E-state index in [-0.39, 0.29) is 11.4 Å². The first-order valence-corrected chi connectivity index (χ1v) is 9.09. The number of hydrogen-bond acceptors (Lipinski definition) is 6. The van der Waals surface area contributed by atoms with Crippen molar-refractivity contribution in [2.45, 2.75) is 31.3 Å². The summed E-state index contributed by atoms with van der Waals surface area (Å²) in [5.74, 6) is 0. The first-order chi connectivity index (χ1) is 10.1. The van der Waals surface area contributed by atoms with Gasteiger partial charge in [0.1, 0.15) is 9.90 Å². The Bertz CT molecular complexity index is 636. The molecule has 0 saturated carbocycles. The van der Waals surface area contributed by atoms with Crippen LogP contribution in [0.25, 0.3) is 0 Å². The SMILES string of the molecule is CCCNCCn1cc(S(=O)(=O)NCc2nccs2)cn1. The van der Waals surface area contributed by atoms with Gasteiger partial charge in [-0.15, -0.1) is 11.3 Å². The Morgan fingerprint density at radius 2 is 2.24 bits per heavy atom. The third-order valence-electron chi connectivity index (χ3n) is 2.76. The van der Waals surface area contributed by atoms with E-state index in [4.69, 9.17) is 0 Å². The fraction of sp³-hybridized carbons (Fsp3) is 0.500. The number of nitrogens with one attached hydrogen (secondary N) is 2. The van der Waals surface area contributed by atoms with Crippen LogP contribution in [0.2, 0.25) is 0 Å². The smallest absolute Gasteiger partial charge is 0.244 e. The van der Waals surface area contributed by atoms with Gasteiger partial charge in [-0.2, -0.15) is 5.10 Å². The van der Waals surface area contributed by atoms with Gasteiger partial charge in [-0.05, 0) is 13.0 Å². The van der Waals surface area contributed by atoms with Crippen molar-refractivity contribution >= 4 is 21.4 Å². The Morgan fingerprint density at radius 3 is 2.95 bits per heavy atom. The minimum atomic E-state index is -3.54. The minimum Gasteiger partial charge on any atom is -0.315 e. The predicted octanol–water partition coefficient (Wildman–Crippen LogP) is 0.818. The zero-order valence-corrected chi connectivity index (χ0v) is 13.5. The Hall–Kier alpha value is -1.29. The molecule has 9 heteroatoms. The number of aromatic nitrogens is 3. The Kier molecular flexibility index (Phi) is 5.85. The van der Waals surface area contributed by atoms with Gasteiger partial charge in [-0.1, -0.05) is 6.92 Å². The fourth-order valence-electron chi connectivity index (χ4n) is 1.68. The number of hydrogen-bond donors (Lipinski definition) is 2. The van der Waals surface area contributed by atoms with Crippen molar-refractivity contribution in [3.8, 4) is 0 Å². The van der Waals surface area contributed by atoms with Crippen molar-refractivity contribution in [3.05, 3.63) is 29.0 Å². The van der Waals surface area contributed by atoms with E-state index in [2.05, 4.69) is 27.0 Å². The quantitative estimate of drug-likeness (QED) is 0.665. The highest BCUT2D eigenvalue weighted by Gasteiger charge is 2.16. The molecule has 21 heavy (non-hydrogen) atoms. The average molecular weight is 329 g/mol. The molecule has 2 heterocycles. The molecule has 0 aliphatic rings. The highest BCUT2D eigenvalue weighted by molar-refractivity contribution is 7.89. The van der Waals surface area contributed by atoms with Crippen LogP contribution >= 0.6 is 11.3 Å². The predicted molar refractivity (Wildman–Crippen MR) is 81.5 cm³/mol. The number of rotatable bonds is 9. The van der Waals surface area contributed by atoms with Crippen LogP contribution in [-0.2, 0) is 23.1 Å². The molecular weight excluding hydrogens is 310 g/mol. The highest BCUT2D eigenvalue weighted by atomic mass is 32.2. The molecule has 0 spiro atoms. The van der Waals surface area contributed by atoms with Crippen LogP contribution in [-0.4, -0.2) is 36.3 Å². The van der Waals surface area contributed by atoms with Crippen LogP contribution in [0.15, 0.2) is 28.9 Å². The van der Waals surface area contributed by atoms with Gasteiger partial charge in [0.2, 0.25) is 10.0 Å². The maximum absolute atomic E-state index is 12.1. The van der Waals surface area contributed by atoms with Gasteiger partial charge in [0.15, 0.2) is 0 Å².